The van der Waals surface area contributed by atoms with Crippen LogP contribution in [0.5, 0.6) is 0 Å². The number of carbonyl (C=O) groups excluding carboxylic acids is 3. The highest BCUT2D eigenvalue weighted by Gasteiger charge is 2.49. The lowest BCUT2D eigenvalue weighted by Gasteiger charge is -2.22. The van der Waals surface area contributed by atoms with Crippen LogP contribution in [0.4, 0.5) is 4.79 Å². The van der Waals surface area contributed by atoms with E-state index in [1.807, 2.05) is 51.1 Å². The summed E-state index contributed by atoms with van der Waals surface area (Å²) in [4.78, 5) is 39.2. The van der Waals surface area contributed by atoms with Gasteiger partial charge >= 0.3 is 6.03 Å². The van der Waals surface area contributed by atoms with Crippen LogP contribution < -0.4 is 5.32 Å². The molecule has 1 heterocycles. The lowest BCUT2D eigenvalue weighted by atomic mass is 9.92. The van der Waals surface area contributed by atoms with Crippen molar-refractivity contribution in [1.29, 1.82) is 0 Å². The van der Waals surface area contributed by atoms with Crippen LogP contribution in [-0.4, -0.2) is 29.2 Å². The second-order valence-electron chi connectivity index (χ2n) is 7.01. The van der Waals surface area contributed by atoms with Crippen molar-refractivity contribution >= 4 is 17.7 Å². The molecule has 1 N–H and O–H groups in total. The van der Waals surface area contributed by atoms with Crippen molar-refractivity contribution in [2.75, 3.05) is 6.54 Å². The molecule has 2 aromatic rings. The van der Waals surface area contributed by atoms with Gasteiger partial charge in [0.2, 0.25) is 0 Å². The van der Waals surface area contributed by atoms with Gasteiger partial charge < -0.3 is 5.32 Å². The number of aryl methyl sites for hydroxylation is 3. The topological polar surface area (TPSA) is 66.5 Å². The number of imide groups is 1. The van der Waals surface area contributed by atoms with E-state index < -0.39 is 17.5 Å². The molecule has 5 heteroatoms. The maximum Gasteiger partial charge on any atom is 0.325 e. The molecule has 1 atom stereocenters. The van der Waals surface area contributed by atoms with Gasteiger partial charge in [-0.05, 0) is 44.4 Å². The van der Waals surface area contributed by atoms with Gasteiger partial charge in [-0.15, -0.1) is 0 Å². The van der Waals surface area contributed by atoms with Gasteiger partial charge in [-0.2, -0.15) is 0 Å². The molecule has 0 aliphatic carbocycles. The van der Waals surface area contributed by atoms with Gasteiger partial charge in [0.05, 0.1) is 6.54 Å². The van der Waals surface area contributed by atoms with Gasteiger partial charge in [-0.1, -0.05) is 48.0 Å². The van der Waals surface area contributed by atoms with E-state index in [1.165, 1.54) is 0 Å². The van der Waals surface area contributed by atoms with Gasteiger partial charge in [0.1, 0.15) is 5.54 Å². The molecular formula is C21H22N2O3. The van der Waals surface area contributed by atoms with Crippen LogP contribution in [-0.2, 0) is 10.3 Å². The molecule has 0 radical (unpaired) electrons. The second kappa shape index (κ2) is 6.41. The first-order valence-corrected chi connectivity index (χ1v) is 8.54. The zero-order valence-corrected chi connectivity index (χ0v) is 15.4. The van der Waals surface area contributed by atoms with Crippen LogP contribution in [0.15, 0.2) is 42.5 Å². The van der Waals surface area contributed by atoms with Crippen molar-refractivity contribution in [3.05, 3.63) is 70.3 Å². The molecule has 1 aliphatic rings. The van der Waals surface area contributed by atoms with E-state index in [0.717, 1.165) is 21.6 Å². The average molecular weight is 350 g/mol. The summed E-state index contributed by atoms with van der Waals surface area (Å²) in [5.41, 5.74) is 2.88. The maximum absolute atomic E-state index is 12.9. The lowest BCUT2D eigenvalue weighted by molar-refractivity contribution is -0.130. The summed E-state index contributed by atoms with van der Waals surface area (Å²) in [5.74, 6) is -0.648. The van der Waals surface area contributed by atoms with Crippen LogP contribution in [0.1, 0.15) is 39.5 Å². The van der Waals surface area contributed by atoms with Gasteiger partial charge in [-0.25, -0.2) is 4.79 Å². The number of amides is 3. The van der Waals surface area contributed by atoms with Crippen molar-refractivity contribution in [2.45, 2.75) is 33.2 Å². The van der Waals surface area contributed by atoms with Crippen LogP contribution >= 0.6 is 0 Å². The molecule has 1 aliphatic heterocycles. The summed E-state index contributed by atoms with van der Waals surface area (Å²) in [5, 5.41) is 2.73. The third-order valence-electron chi connectivity index (χ3n) is 4.88. The Kier molecular flexibility index (Phi) is 4.40. The molecule has 3 rings (SSSR count). The summed E-state index contributed by atoms with van der Waals surface area (Å²) in [7, 11) is 0. The Morgan fingerprint density at radius 1 is 1.04 bits per heavy atom. The molecule has 134 valence electrons. The maximum atomic E-state index is 12.9. The molecule has 2 aromatic carbocycles. The van der Waals surface area contributed by atoms with E-state index in [0.29, 0.717) is 11.1 Å². The summed E-state index contributed by atoms with van der Waals surface area (Å²) in [6.07, 6.45) is 0. The fourth-order valence-electron chi connectivity index (χ4n) is 3.65. The minimum atomic E-state index is -1.16. The van der Waals surface area contributed by atoms with Crippen molar-refractivity contribution < 1.29 is 14.4 Å². The molecule has 5 nitrogen and oxygen atoms in total. The van der Waals surface area contributed by atoms with Crippen LogP contribution in [0.25, 0.3) is 0 Å². The Morgan fingerprint density at radius 2 is 1.62 bits per heavy atom. The Balaban J connectivity index is 1.88. The van der Waals surface area contributed by atoms with E-state index >= 15 is 0 Å². The zero-order chi connectivity index (χ0) is 19.1. The number of hydrogen-bond acceptors (Lipinski definition) is 3. The number of rotatable bonds is 4. The minimum Gasteiger partial charge on any atom is -0.319 e. The van der Waals surface area contributed by atoms with Crippen molar-refractivity contribution in [1.82, 2.24) is 10.2 Å². The predicted molar refractivity (Wildman–Crippen MR) is 99.0 cm³/mol. The molecule has 3 amide bonds. The Morgan fingerprint density at radius 3 is 2.19 bits per heavy atom. The van der Waals surface area contributed by atoms with Crippen LogP contribution in [0, 0.1) is 20.8 Å². The number of ketones is 1. The molecule has 0 bridgehead atoms. The number of nitrogens with zero attached hydrogens (tertiary/aromatic N) is 1. The second-order valence-corrected chi connectivity index (χ2v) is 7.01. The third kappa shape index (κ3) is 2.90. The van der Waals surface area contributed by atoms with Gasteiger partial charge in [-0.3, -0.25) is 14.5 Å². The van der Waals surface area contributed by atoms with E-state index in [2.05, 4.69) is 5.32 Å². The molecule has 0 unspecified atom stereocenters. The standard InChI is InChI=1S/C21H22N2O3/c1-13-10-14(2)18(15(3)11-13)17(24)12-23-19(25)21(4,22-20(23)26)16-8-6-5-7-9-16/h5-11H,12H2,1-4H3,(H,22,26)/t21-/m1/s1. The van der Waals surface area contributed by atoms with Crippen LogP contribution in [0.2, 0.25) is 0 Å². The molecule has 0 saturated carbocycles. The monoisotopic (exact) mass is 350 g/mol. The normalized spacial score (nSPS) is 19.6. The van der Waals surface area contributed by atoms with E-state index in [9.17, 15) is 14.4 Å². The first-order chi connectivity index (χ1) is 12.2. The summed E-state index contributed by atoms with van der Waals surface area (Å²) >= 11 is 0. The highest BCUT2D eigenvalue weighted by molar-refractivity contribution is 6.11. The SMILES string of the molecule is Cc1cc(C)c(C(=O)CN2C(=O)N[C@](C)(c3ccccc3)C2=O)c(C)c1. The number of urea groups is 1. The molecule has 26 heavy (non-hydrogen) atoms. The average Bonchev–Trinajstić information content (AvgIpc) is 2.79. The van der Waals surface area contributed by atoms with Crippen molar-refractivity contribution in [3.8, 4) is 0 Å². The predicted octanol–water partition coefficient (Wildman–Crippen LogP) is 3.26. The summed E-state index contributed by atoms with van der Waals surface area (Å²) in [6, 6.07) is 12.4. The van der Waals surface area contributed by atoms with Gasteiger partial charge in [0.15, 0.2) is 5.78 Å². The molecular weight excluding hydrogens is 328 g/mol. The van der Waals surface area contributed by atoms with Gasteiger partial charge in [0, 0.05) is 5.56 Å². The Hall–Kier alpha value is -2.95. The number of nitrogens with one attached hydrogen (secondary N) is 1. The fraction of sp³-hybridized carbons (Fsp3) is 0.286. The van der Waals surface area contributed by atoms with Gasteiger partial charge in [0.25, 0.3) is 5.91 Å². The first-order valence-electron chi connectivity index (χ1n) is 8.54. The van der Waals surface area contributed by atoms with E-state index in [-0.39, 0.29) is 12.3 Å². The molecule has 1 saturated heterocycles. The third-order valence-corrected chi connectivity index (χ3v) is 4.88. The number of hydrogen-bond donors (Lipinski definition) is 1. The quantitative estimate of drug-likeness (QED) is 0.680. The zero-order valence-electron chi connectivity index (χ0n) is 15.4. The first kappa shape index (κ1) is 17.9. The number of Topliss-reactive ketones (excluding diaryl/α,β-unsaturated/α-hetero) is 1. The summed E-state index contributed by atoms with van der Waals surface area (Å²) < 4.78 is 0. The molecule has 1 fully saturated rings. The highest BCUT2D eigenvalue weighted by atomic mass is 16.2. The molecule has 0 aromatic heterocycles. The minimum absolute atomic E-state index is 0.235. The highest BCUT2D eigenvalue weighted by Crippen LogP contribution is 2.29. The Labute approximate surface area is 153 Å². The smallest absolute Gasteiger partial charge is 0.319 e. The number of carbonyl (C=O) groups is 3. The lowest BCUT2D eigenvalue weighted by Crippen LogP contribution is -2.41. The van der Waals surface area contributed by atoms with Crippen molar-refractivity contribution in [2.24, 2.45) is 0 Å². The fourth-order valence-corrected chi connectivity index (χ4v) is 3.65. The van der Waals surface area contributed by atoms with E-state index in [1.54, 1.807) is 19.1 Å². The van der Waals surface area contributed by atoms with Crippen LogP contribution in [0.3, 0.4) is 0 Å². The van der Waals surface area contributed by atoms with Crippen molar-refractivity contribution in [3.63, 3.8) is 0 Å². The molecule has 0 spiro atoms. The number of benzene rings is 2. The largest absolute Gasteiger partial charge is 0.325 e. The van der Waals surface area contributed by atoms with E-state index in [4.69, 9.17) is 0 Å². The Bertz CT molecular complexity index is 882. The summed E-state index contributed by atoms with van der Waals surface area (Å²) in [6.45, 7) is 7.10.